The molecule has 2 aliphatic rings. The lowest BCUT2D eigenvalue weighted by Crippen LogP contribution is -2.26. The molecule has 1 atom stereocenters. The summed E-state index contributed by atoms with van der Waals surface area (Å²) in [4.78, 5) is 0. The van der Waals surface area contributed by atoms with E-state index < -0.39 is 0 Å². The van der Waals surface area contributed by atoms with Gasteiger partial charge in [-0.1, -0.05) is 95.5 Å². The Labute approximate surface area is 203 Å². The normalized spacial score (nSPS) is 22.7. The van der Waals surface area contributed by atoms with Crippen molar-refractivity contribution in [3.63, 3.8) is 0 Å². The molecule has 1 nitrogen and oxygen atoms in total. The second-order valence-electron chi connectivity index (χ2n) is 10.8. The molecule has 2 aliphatic carbocycles. The van der Waals surface area contributed by atoms with E-state index in [1.54, 1.807) is 11.1 Å². The summed E-state index contributed by atoms with van der Waals surface area (Å²) in [6.45, 7) is 5.38. The van der Waals surface area contributed by atoms with Crippen LogP contribution < -0.4 is 4.74 Å². The number of unbranched alkanes of at least 4 members (excludes halogenated alkanes) is 4. The Morgan fingerprint density at radius 3 is 2.18 bits per heavy atom. The number of aryl methyl sites for hydroxylation is 1. The Bertz CT molecular complexity index is 828. The van der Waals surface area contributed by atoms with Crippen molar-refractivity contribution in [3.05, 3.63) is 53.6 Å². The van der Waals surface area contributed by atoms with Crippen LogP contribution in [0.5, 0.6) is 5.75 Å². The van der Waals surface area contributed by atoms with Crippen molar-refractivity contribution in [3.8, 4) is 16.9 Å². The maximum atomic E-state index is 5.89. The highest BCUT2D eigenvalue weighted by molar-refractivity contribution is 5.66. The summed E-state index contributed by atoms with van der Waals surface area (Å²) in [6, 6.07) is 16.0. The van der Waals surface area contributed by atoms with E-state index in [1.165, 1.54) is 94.6 Å². The molecule has 4 rings (SSSR count). The maximum Gasteiger partial charge on any atom is 0.119 e. The van der Waals surface area contributed by atoms with Gasteiger partial charge in [0.15, 0.2) is 0 Å². The summed E-state index contributed by atoms with van der Waals surface area (Å²) in [7, 11) is 0. The number of ether oxygens (including phenoxy) is 1. The molecule has 2 aromatic rings. The first-order chi connectivity index (χ1) is 16.3. The summed E-state index contributed by atoms with van der Waals surface area (Å²) < 4.78 is 5.89. The Hall–Kier alpha value is -1.76. The van der Waals surface area contributed by atoms with Gasteiger partial charge in [-0.2, -0.15) is 0 Å². The van der Waals surface area contributed by atoms with Gasteiger partial charge in [0.25, 0.3) is 0 Å². The third kappa shape index (κ3) is 6.87. The van der Waals surface area contributed by atoms with Crippen LogP contribution in [0.15, 0.2) is 42.5 Å². The average Bonchev–Trinajstić information content (AvgIpc) is 2.87. The van der Waals surface area contributed by atoms with Crippen LogP contribution in [-0.2, 0) is 12.8 Å². The van der Waals surface area contributed by atoms with Gasteiger partial charge in [-0.3, -0.25) is 0 Å². The third-order valence-corrected chi connectivity index (χ3v) is 8.45. The predicted octanol–water partition coefficient (Wildman–Crippen LogP) is 9.41. The number of hydrogen-bond donors (Lipinski definition) is 0. The second kappa shape index (κ2) is 12.6. The van der Waals surface area contributed by atoms with Crippen LogP contribution in [0.4, 0.5) is 0 Å². The molecule has 0 heterocycles. The fourth-order valence-corrected chi connectivity index (χ4v) is 6.28. The van der Waals surface area contributed by atoms with E-state index in [9.17, 15) is 0 Å². The van der Waals surface area contributed by atoms with Gasteiger partial charge >= 0.3 is 0 Å². The van der Waals surface area contributed by atoms with Crippen LogP contribution >= 0.6 is 0 Å². The van der Waals surface area contributed by atoms with Crippen molar-refractivity contribution < 1.29 is 4.74 Å². The smallest absolute Gasteiger partial charge is 0.119 e. The molecule has 0 saturated heterocycles. The highest BCUT2D eigenvalue weighted by Crippen LogP contribution is 2.41. The predicted molar refractivity (Wildman–Crippen MR) is 142 cm³/mol. The lowest BCUT2D eigenvalue weighted by Gasteiger charge is -2.36. The molecule has 1 saturated carbocycles. The van der Waals surface area contributed by atoms with E-state index in [0.29, 0.717) is 0 Å². The molecular weight excluding hydrogens is 400 g/mol. The zero-order chi connectivity index (χ0) is 22.9. The van der Waals surface area contributed by atoms with E-state index in [4.69, 9.17) is 4.74 Å². The van der Waals surface area contributed by atoms with Crippen LogP contribution in [0, 0.1) is 17.8 Å². The lowest BCUT2D eigenvalue weighted by atomic mass is 9.69. The van der Waals surface area contributed by atoms with Crippen molar-refractivity contribution in [1.82, 2.24) is 0 Å². The van der Waals surface area contributed by atoms with Crippen molar-refractivity contribution in [2.75, 3.05) is 6.61 Å². The Balaban J connectivity index is 1.29. The first-order valence-corrected chi connectivity index (χ1v) is 14.1. The monoisotopic (exact) mass is 446 g/mol. The Kier molecular flexibility index (Phi) is 9.33. The first kappa shape index (κ1) is 24.4. The van der Waals surface area contributed by atoms with Gasteiger partial charge in [-0.05, 0) is 90.7 Å². The highest BCUT2D eigenvalue weighted by atomic mass is 16.5. The van der Waals surface area contributed by atoms with Crippen molar-refractivity contribution >= 4 is 0 Å². The van der Waals surface area contributed by atoms with Crippen LogP contribution in [-0.4, -0.2) is 6.61 Å². The van der Waals surface area contributed by atoms with Crippen LogP contribution in [0.25, 0.3) is 11.1 Å². The topological polar surface area (TPSA) is 9.23 Å². The van der Waals surface area contributed by atoms with Gasteiger partial charge in [0.05, 0.1) is 6.61 Å². The van der Waals surface area contributed by atoms with Crippen LogP contribution in [0.2, 0.25) is 0 Å². The van der Waals surface area contributed by atoms with E-state index in [0.717, 1.165) is 36.5 Å². The minimum Gasteiger partial charge on any atom is -0.494 e. The Morgan fingerprint density at radius 1 is 0.697 bits per heavy atom. The SMILES string of the molecule is CCCCCOc1ccc(-c2ccc3c(c2)CCC(C2CCC(CCCCC)CC2)C3)cc1. The summed E-state index contributed by atoms with van der Waals surface area (Å²) in [6.07, 6.45) is 19.3. The molecule has 1 unspecified atom stereocenters. The number of rotatable bonds is 11. The molecule has 0 amide bonds. The van der Waals surface area contributed by atoms with Gasteiger partial charge in [0.1, 0.15) is 5.75 Å². The number of benzene rings is 2. The molecule has 0 N–H and O–H groups in total. The standard InChI is InChI=1S/C32H46O/c1-3-5-7-9-25-10-12-26(13-11-25)28-14-16-31-24-29(15-17-30(31)23-28)27-18-20-32(21-19-27)33-22-8-6-4-2/h15,17-21,24-26,28H,3-14,16,22-23H2,1-2H3. The van der Waals surface area contributed by atoms with E-state index in [1.807, 2.05) is 0 Å². The maximum absolute atomic E-state index is 5.89. The highest BCUT2D eigenvalue weighted by Gasteiger charge is 2.30. The molecule has 0 radical (unpaired) electrons. The Morgan fingerprint density at radius 2 is 1.42 bits per heavy atom. The quantitative estimate of drug-likeness (QED) is 0.312. The van der Waals surface area contributed by atoms with Gasteiger partial charge < -0.3 is 4.74 Å². The molecule has 0 aliphatic heterocycles. The molecule has 1 heteroatoms. The molecule has 1 fully saturated rings. The third-order valence-electron chi connectivity index (χ3n) is 8.45. The summed E-state index contributed by atoms with van der Waals surface area (Å²) >= 11 is 0. The van der Waals surface area contributed by atoms with E-state index in [-0.39, 0.29) is 0 Å². The molecular formula is C32H46O. The fraction of sp³-hybridized carbons (Fsp3) is 0.625. The number of fused-ring (bicyclic) bond motifs is 1. The number of hydrogen-bond acceptors (Lipinski definition) is 1. The average molecular weight is 447 g/mol. The van der Waals surface area contributed by atoms with E-state index in [2.05, 4.69) is 56.3 Å². The zero-order valence-corrected chi connectivity index (χ0v) is 21.3. The first-order valence-electron chi connectivity index (χ1n) is 14.1. The van der Waals surface area contributed by atoms with Crippen molar-refractivity contribution in [2.24, 2.45) is 17.8 Å². The summed E-state index contributed by atoms with van der Waals surface area (Å²) in [5, 5.41) is 0. The zero-order valence-electron chi connectivity index (χ0n) is 21.3. The van der Waals surface area contributed by atoms with Gasteiger partial charge in [0.2, 0.25) is 0 Å². The molecule has 2 aromatic carbocycles. The second-order valence-corrected chi connectivity index (χ2v) is 10.8. The molecule has 0 aromatic heterocycles. The molecule has 180 valence electrons. The van der Waals surface area contributed by atoms with Gasteiger partial charge in [0, 0.05) is 0 Å². The van der Waals surface area contributed by atoms with Crippen LogP contribution in [0.1, 0.15) is 102 Å². The van der Waals surface area contributed by atoms with E-state index >= 15 is 0 Å². The fourth-order valence-electron chi connectivity index (χ4n) is 6.28. The molecule has 0 spiro atoms. The summed E-state index contributed by atoms with van der Waals surface area (Å²) in [5.41, 5.74) is 5.88. The minimum atomic E-state index is 0.827. The lowest BCUT2D eigenvalue weighted by molar-refractivity contribution is 0.183. The largest absolute Gasteiger partial charge is 0.494 e. The molecule has 33 heavy (non-hydrogen) atoms. The van der Waals surface area contributed by atoms with Crippen molar-refractivity contribution in [1.29, 1.82) is 0 Å². The molecule has 0 bridgehead atoms. The van der Waals surface area contributed by atoms with Gasteiger partial charge in [-0.25, -0.2) is 0 Å². The van der Waals surface area contributed by atoms with Crippen molar-refractivity contribution in [2.45, 2.75) is 104 Å². The minimum absolute atomic E-state index is 0.827. The van der Waals surface area contributed by atoms with Gasteiger partial charge in [-0.15, -0.1) is 0 Å². The van der Waals surface area contributed by atoms with Crippen LogP contribution in [0.3, 0.4) is 0 Å². The summed E-state index contributed by atoms with van der Waals surface area (Å²) in [5.74, 6) is 3.92.